The Kier molecular flexibility index (Phi) is 7.43. The van der Waals surface area contributed by atoms with Crippen LogP contribution in [0.3, 0.4) is 0 Å². The molecule has 1 aliphatic heterocycles. The molecule has 0 radical (unpaired) electrons. The van der Waals surface area contributed by atoms with Crippen molar-refractivity contribution in [1.29, 1.82) is 0 Å². The maximum Gasteiger partial charge on any atom is 0.274 e. The van der Waals surface area contributed by atoms with Crippen LogP contribution in [0.1, 0.15) is 39.3 Å². The molecule has 37 heavy (non-hydrogen) atoms. The third-order valence-corrected chi connectivity index (χ3v) is 6.64. The van der Waals surface area contributed by atoms with Gasteiger partial charge in [-0.1, -0.05) is 40.9 Å². The number of benzene rings is 2. The molecule has 1 aliphatic rings. The van der Waals surface area contributed by atoms with Gasteiger partial charge in [0.2, 0.25) is 0 Å². The number of nitrogens with one attached hydrogen (secondary N) is 3. The van der Waals surface area contributed by atoms with E-state index < -0.39 is 0 Å². The van der Waals surface area contributed by atoms with Crippen LogP contribution in [-0.4, -0.2) is 50.5 Å². The lowest BCUT2D eigenvalue weighted by molar-refractivity contribution is 0.0923. The van der Waals surface area contributed by atoms with E-state index in [9.17, 15) is 9.59 Å². The van der Waals surface area contributed by atoms with E-state index in [-0.39, 0.29) is 29.4 Å². The summed E-state index contributed by atoms with van der Waals surface area (Å²) in [5.41, 5.74) is 10.4. The summed E-state index contributed by atoms with van der Waals surface area (Å²) >= 11 is 1.30. The zero-order valence-corrected chi connectivity index (χ0v) is 20.8. The van der Waals surface area contributed by atoms with Crippen molar-refractivity contribution >= 4 is 29.2 Å². The number of hydrogen-bond donors (Lipinski definition) is 4. The fourth-order valence-electron chi connectivity index (χ4n) is 4.12. The van der Waals surface area contributed by atoms with E-state index in [1.54, 1.807) is 18.2 Å². The molecular weight excluding hydrogens is 488 g/mol. The molecule has 0 saturated carbocycles. The molecule has 1 saturated heterocycles. The normalized spacial score (nSPS) is 15.2. The molecule has 2 aromatic heterocycles. The largest absolute Gasteiger partial charge is 0.382 e. The zero-order valence-electron chi connectivity index (χ0n) is 20.0. The van der Waals surface area contributed by atoms with E-state index in [0.29, 0.717) is 29.9 Å². The Balaban J connectivity index is 1.25. The molecule has 2 aromatic carbocycles. The predicted octanol–water partition coefficient (Wildman–Crippen LogP) is 2.66. The monoisotopic (exact) mass is 514 g/mol. The lowest BCUT2D eigenvalue weighted by Crippen LogP contribution is -2.46. The smallest absolute Gasteiger partial charge is 0.274 e. The Hall–Kier alpha value is -4.22. The second kappa shape index (κ2) is 11.2. The molecule has 4 aromatic rings. The molecule has 0 aliphatic carbocycles. The topological polar surface area (TPSA) is 148 Å². The molecule has 0 unspecified atom stereocenters. The molecular formula is C26H26N8O2S. The molecule has 10 nitrogen and oxygen atoms in total. The van der Waals surface area contributed by atoms with Gasteiger partial charge in [0, 0.05) is 41.2 Å². The van der Waals surface area contributed by atoms with E-state index in [4.69, 9.17) is 5.73 Å². The van der Waals surface area contributed by atoms with Crippen molar-refractivity contribution in [1.82, 2.24) is 35.5 Å². The van der Waals surface area contributed by atoms with Gasteiger partial charge in [-0.05, 0) is 48.6 Å². The number of carbonyl (C=O) groups excluding carboxylic acids is 2. The van der Waals surface area contributed by atoms with Gasteiger partial charge in [0.25, 0.3) is 11.8 Å². The van der Waals surface area contributed by atoms with Gasteiger partial charge in [0.05, 0.1) is 11.9 Å². The van der Waals surface area contributed by atoms with E-state index in [1.165, 1.54) is 17.7 Å². The van der Waals surface area contributed by atoms with E-state index in [1.807, 2.05) is 35.7 Å². The summed E-state index contributed by atoms with van der Waals surface area (Å²) in [6.07, 6.45) is 3.40. The molecule has 11 heteroatoms. The van der Waals surface area contributed by atoms with E-state index >= 15 is 0 Å². The maximum absolute atomic E-state index is 12.9. The first-order valence-electron chi connectivity index (χ1n) is 12.0. The first-order valence-corrected chi connectivity index (χ1v) is 12.8. The summed E-state index contributed by atoms with van der Waals surface area (Å²) in [5.74, 6) is -0.511. The summed E-state index contributed by atoms with van der Waals surface area (Å²) in [5, 5.41) is 15.1. The predicted molar refractivity (Wildman–Crippen MR) is 142 cm³/mol. The number of nitrogens with zero attached hydrogens (tertiary/aromatic N) is 4. The highest BCUT2D eigenvalue weighted by molar-refractivity contribution is 7.03. The van der Waals surface area contributed by atoms with Crippen molar-refractivity contribution in [3.05, 3.63) is 76.9 Å². The van der Waals surface area contributed by atoms with Crippen molar-refractivity contribution in [2.75, 3.05) is 18.8 Å². The standard InChI is InChI=1S/C26H26N8O2S/c27-24-23(26(36)31-20-5-2-10-28-13-20)32-21(14-29-24)18-3-1-4-19(11-18)25(35)30-12-16-6-8-17(9-7-16)22-15-37-34-33-22/h1,3-4,6-9,11,14-15,20,28H,2,5,10,12-13H2,(H2,27,29)(H,30,35)(H,31,36)/t20-/m0/s1. The maximum atomic E-state index is 12.9. The second-order valence-electron chi connectivity index (χ2n) is 8.76. The number of anilines is 1. The lowest BCUT2D eigenvalue weighted by Gasteiger charge is -2.23. The minimum atomic E-state index is -0.355. The zero-order chi connectivity index (χ0) is 25.6. The van der Waals surface area contributed by atoms with Crippen LogP contribution >= 0.6 is 11.5 Å². The van der Waals surface area contributed by atoms with Crippen LogP contribution in [0.25, 0.3) is 22.5 Å². The molecule has 3 heterocycles. The SMILES string of the molecule is Nc1ncc(-c2cccc(C(=O)NCc3ccc(-c4csnn4)cc3)c2)nc1C(=O)N[C@H]1CCCNC1. The first kappa shape index (κ1) is 24.5. The number of piperidine rings is 1. The molecule has 1 fully saturated rings. The summed E-state index contributed by atoms with van der Waals surface area (Å²) < 4.78 is 3.88. The number of rotatable bonds is 7. The Morgan fingerprint density at radius 2 is 1.95 bits per heavy atom. The van der Waals surface area contributed by atoms with Gasteiger partial charge in [0.1, 0.15) is 5.69 Å². The van der Waals surface area contributed by atoms with Gasteiger partial charge in [-0.3, -0.25) is 9.59 Å². The van der Waals surface area contributed by atoms with Crippen LogP contribution in [0.15, 0.2) is 60.1 Å². The average molecular weight is 515 g/mol. The van der Waals surface area contributed by atoms with Crippen LogP contribution in [0.4, 0.5) is 5.82 Å². The quantitative estimate of drug-likeness (QED) is 0.294. The highest BCUT2D eigenvalue weighted by atomic mass is 32.1. The third-order valence-electron chi connectivity index (χ3n) is 6.13. The number of hydrogen-bond acceptors (Lipinski definition) is 9. The van der Waals surface area contributed by atoms with Crippen molar-refractivity contribution < 1.29 is 9.59 Å². The molecule has 188 valence electrons. The molecule has 5 rings (SSSR count). The summed E-state index contributed by atoms with van der Waals surface area (Å²) in [4.78, 5) is 34.3. The summed E-state index contributed by atoms with van der Waals surface area (Å²) in [6.45, 7) is 2.04. The van der Waals surface area contributed by atoms with Gasteiger partial charge < -0.3 is 21.7 Å². The van der Waals surface area contributed by atoms with Gasteiger partial charge >= 0.3 is 0 Å². The van der Waals surface area contributed by atoms with E-state index in [2.05, 4.69) is 35.5 Å². The number of amides is 2. The minimum absolute atomic E-state index is 0.0265. The number of nitrogen functional groups attached to an aromatic ring is 1. The fourth-order valence-corrected chi connectivity index (χ4v) is 4.59. The molecule has 0 spiro atoms. The van der Waals surface area contributed by atoms with Crippen LogP contribution in [-0.2, 0) is 6.54 Å². The molecule has 1 atom stereocenters. The van der Waals surface area contributed by atoms with E-state index in [0.717, 1.165) is 36.2 Å². The van der Waals surface area contributed by atoms with Gasteiger partial charge in [0.15, 0.2) is 11.5 Å². The lowest BCUT2D eigenvalue weighted by atomic mass is 10.1. The Morgan fingerprint density at radius 3 is 2.70 bits per heavy atom. The number of aromatic nitrogens is 4. The Bertz CT molecular complexity index is 1390. The van der Waals surface area contributed by atoms with Crippen LogP contribution in [0.2, 0.25) is 0 Å². The molecule has 2 amide bonds. The van der Waals surface area contributed by atoms with Gasteiger partial charge in [-0.2, -0.15) is 0 Å². The fraction of sp³-hybridized carbons (Fsp3) is 0.231. The third kappa shape index (κ3) is 5.96. The van der Waals surface area contributed by atoms with Gasteiger partial charge in [-0.15, -0.1) is 5.10 Å². The Labute approximate surface area is 217 Å². The van der Waals surface area contributed by atoms with Crippen molar-refractivity contribution in [2.24, 2.45) is 0 Å². The molecule has 5 N–H and O–H groups in total. The second-order valence-corrected chi connectivity index (χ2v) is 9.37. The van der Waals surface area contributed by atoms with Gasteiger partial charge in [-0.25, -0.2) is 9.97 Å². The highest BCUT2D eigenvalue weighted by Gasteiger charge is 2.20. The molecule has 0 bridgehead atoms. The average Bonchev–Trinajstić information content (AvgIpc) is 3.48. The van der Waals surface area contributed by atoms with Crippen LogP contribution < -0.4 is 21.7 Å². The number of carbonyl (C=O) groups is 2. The van der Waals surface area contributed by atoms with Crippen molar-refractivity contribution in [3.63, 3.8) is 0 Å². The highest BCUT2D eigenvalue weighted by Crippen LogP contribution is 2.21. The number of nitrogens with two attached hydrogens (primary N) is 1. The Morgan fingerprint density at radius 1 is 1.08 bits per heavy atom. The first-order chi connectivity index (χ1) is 18.1. The summed E-state index contributed by atoms with van der Waals surface area (Å²) in [7, 11) is 0. The van der Waals surface area contributed by atoms with Crippen LogP contribution in [0, 0.1) is 0 Å². The van der Waals surface area contributed by atoms with Crippen molar-refractivity contribution in [2.45, 2.75) is 25.4 Å². The minimum Gasteiger partial charge on any atom is -0.382 e. The summed E-state index contributed by atoms with van der Waals surface area (Å²) in [6, 6.07) is 14.9. The van der Waals surface area contributed by atoms with Crippen molar-refractivity contribution in [3.8, 4) is 22.5 Å². The van der Waals surface area contributed by atoms with Crippen LogP contribution in [0.5, 0.6) is 0 Å².